The molecule has 0 unspecified atom stereocenters. The minimum Gasteiger partial charge on any atom is -0.454 e. The zero-order valence-corrected chi connectivity index (χ0v) is 14.3. The number of aromatic nitrogens is 2. The first-order valence-electron chi connectivity index (χ1n) is 7.99. The predicted molar refractivity (Wildman–Crippen MR) is 93.3 cm³/mol. The summed E-state index contributed by atoms with van der Waals surface area (Å²) < 4.78 is 12.4. The molecule has 0 atom stereocenters. The summed E-state index contributed by atoms with van der Waals surface area (Å²) in [6, 6.07) is 9.11. The Bertz CT molecular complexity index is 968. The summed E-state index contributed by atoms with van der Waals surface area (Å²) in [5, 5.41) is 3.54. The minimum atomic E-state index is -0.177. The first-order chi connectivity index (χ1) is 12.2. The fourth-order valence-electron chi connectivity index (χ4n) is 2.87. The minimum absolute atomic E-state index is 0.177. The average molecular weight is 358 g/mol. The highest BCUT2D eigenvalue weighted by molar-refractivity contribution is 6.30. The molecule has 0 fully saturated rings. The van der Waals surface area contributed by atoms with E-state index in [0.29, 0.717) is 35.1 Å². The molecule has 3 heterocycles. The van der Waals surface area contributed by atoms with Crippen LogP contribution >= 0.6 is 11.6 Å². The molecule has 1 amide bonds. The summed E-state index contributed by atoms with van der Waals surface area (Å²) in [6.45, 7) is 2.59. The Kier molecular flexibility index (Phi) is 3.97. The van der Waals surface area contributed by atoms with E-state index in [-0.39, 0.29) is 12.7 Å². The first kappa shape index (κ1) is 15.8. The molecule has 1 aliphatic rings. The lowest BCUT2D eigenvalue weighted by Crippen LogP contribution is -2.25. The number of carbonyl (C=O) groups excluding carboxylic acids is 1. The molecular weight excluding hydrogens is 342 g/mol. The number of nitrogens with zero attached hydrogens (tertiary/aromatic N) is 2. The van der Waals surface area contributed by atoms with Gasteiger partial charge in [0.15, 0.2) is 11.5 Å². The van der Waals surface area contributed by atoms with Gasteiger partial charge in [0.1, 0.15) is 11.3 Å². The van der Waals surface area contributed by atoms with Crippen molar-refractivity contribution in [3.63, 3.8) is 0 Å². The summed E-state index contributed by atoms with van der Waals surface area (Å²) in [5.74, 6) is 1.25. The monoisotopic (exact) mass is 357 g/mol. The Morgan fingerprint density at radius 3 is 2.96 bits per heavy atom. The maximum absolute atomic E-state index is 12.7. The second-order valence-electron chi connectivity index (χ2n) is 5.70. The lowest BCUT2D eigenvalue weighted by molar-refractivity contribution is 0.0944. The van der Waals surface area contributed by atoms with Crippen LogP contribution in [0.4, 0.5) is 0 Å². The molecule has 2 aromatic heterocycles. The largest absolute Gasteiger partial charge is 0.454 e. The van der Waals surface area contributed by atoms with Gasteiger partial charge >= 0.3 is 0 Å². The lowest BCUT2D eigenvalue weighted by atomic mass is 10.2. The van der Waals surface area contributed by atoms with Crippen LogP contribution in [0.15, 0.2) is 36.5 Å². The van der Waals surface area contributed by atoms with Crippen LogP contribution in [-0.2, 0) is 13.0 Å². The standard InChI is InChI=1S/C18H16ClN3O3/c1-2-13-17(22-6-5-12(19)8-16(22)21-13)18(23)20-9-11-3-4-14-15(7-11)25-10-24-14/h3-8H,2,9-10H2,1H3,(H,20,23). The molecule has 25 heavy (non-hydrogen) atoms. The highest BCUT2D eigenvalue weighted by Gasteiger charge is 2.19. The Morgan fingerprint density at radius 1 is 1.28 bits per heavy atom. The Morgan fingerprint density at radius 2 is 2.12 bits per heavy atom. The van der Waals surface area contributed by atoms with E-state index in [1.807, 2.05) is 25.1 Å². The van der Waals surface area contributed by atoms with E-state index in [1.165, 1.54) is 0 Å². The molecule has 0 radical (unpaired) electrons. The smallest absolute Gasteiger partial charge is 0.270 e. The molecule has 0 saturated carbocycles. The van der Waals surface area contributed by atoms with Gasteiger partial charge in [0.05, 0.1) is 5.69 Å². The number of halogens is 1. The van der Waals surface area contributed by atoms with Crippen LogP contribution in [-0.4, -0.2) is 22.1 Å². The van der Waals surface area contributed by atoms with Crippen LogP contribution in [0.25, 0.3) is 5.65 Å². The number of rotatable bonds is 4. The highest BCUT2D eigenvalue weighted by atomic mass is 35.5. The van der Waals surface area contributed by atoms with Crippen molar-refractivity contribution in [2.45, 2.75) is 19.9 Å². The van der Waals surface area contributed by atoms with Crippen molar-refractivity contribution in [2.75, 3.05) is 6.79 Å². The third-order valence-electron chi connectivity index (χ3n) is 4.10. The second-order valence-corrected chi connectivity index (χ2v) is 6.14. The average Bonchev–Trinajstić information content (AvgIpc) is 3.22. The number of fused-ring (bicyclic) bond motifs is 2. The summed E-state index contributed by atoms with van der Waals surface area (Å²) in [6.07, 6.45) is 2.42. The van der Waals surface area contributed by atoms with Crippen molar-refractivity contribution in [1.82, 2.24) is 14.7 Å². The van der Waals surface area contributed by atoms with Crippen molar-refractivity contribution in [1.29, 1.82) is 0 Å². The van der Waals surface area contributed by atoms with Crippen molar-refractivity contribution >= 4 is 23.2 Å². The summed E-state index contributed by atoms with van der Waals surface area (Å²) >= 11 is 6.01. The van der Waals surface area contributed by atoms with Gasteiger partial charge in [-0.1, -0.05) is 24.6 Å². The molecule has 7 heteroatoms. The first-order valence-corrected chi connectivity index (χ1v) is 8.36. The Balaban J connectivity index is 1.58. The van der Waals surface area contributed by atoms with Crippen LogP contribution in [0.5, 0.6) is 11.5 Å². The number of imidazole rings is 1. The summed E-state index contributed by atoms with van der Waals surface area (Å²) in [5.41, 5.74) is 2.88. The molecule has 4 rings (SSSR count). The SMILES string of the molecule is CCc1nc2cc(Cl)ccn2c1C(=O)NCc1ccc2c(c1)OCO2. The number of hydrogen-bond donors (Lipinski definition) is 1. The van der Waals surface area contributed by atoms with E-state index in [0.717, 1.165) is 17.0 Å². The number of nitrogens with one attached hydrogen (secondary N) is 1. The third kappa shape index (κ3) is 2.89. The van der Waals surface area contributed by atoms with Gasteiger partial charge in [-0.15, -0.1) is 0 Å². The summed E-state index contributed by atoms with van der Waals surface area (Å²) in [4.78, 5) is 17.2. The van der Waals surface area contributed by atoms with Crippen molar-refractivity contribution in [3.05, 3.63) is 58.5 Å². The molecule has 3 aromatic rings. The van der Waals surface area contributed by atoms with Crippen LogP contribution in [0.2, 0.25) is 5.02 Å². The number of carbonyl (C=O) groups is 1. The van der Waals surface area contributed by atoms with Gasteiger partial charge in [-0.25, -0.2) is 4.98 Å². The van der Waals surface area contributed by atoms with E-state index in [2.05, 4.69) is 10.3 Å². The van der Waals surface area contributed by atoms with E-state index in [4.69, 9.17) is 21.1 Å². The van der Waals surface area contributed by atoms with E-state index in [1.54, 1.807) is 22.7 Å². The van der Waals surface area contributed by atoms with Crippen LogP contribution in [0.3, 0.4) is 0 Å². The zero-order valence-electron chi connectivity index (χ0n) is 13.6. The second kappa shape index (κ2) is 6.29. The molecule has 128 valence electrons. The van der Waals surface area contributed by atoms with Gasteiger partial charge < -0.3 is 14.8 Å². The van der Waals surface area contributed by atoms with E-state index < -0.39 is 0 Å². The van der Waals surface area contributed by atoms with E-state index >= 15 is 0 Å². The molecule has 0 bridgehead atoms. The fraction of sp³-hybridized carbons (Fsp3) is 0.222. The zero-order chi connectivity index (χ0) is 17.4. The number of amides is 1. The Labute approximate surface area is 149 Å². The predicted octanol–water partition coefficient (Wildman–Crippen LogP) is 3.21. The van der Waals surface area contributed by atoms with Crippen molar-refractivity contribution in [3.8, 4) is 11.5 Å². The molecule has 1 aromatic carbocycles. The van der Waals surface area contributed by atoms with Crippen LogP contribution in [0, 0.1) is 0 Å². The molecule has 6 nitrogen and oxygen atoms in total. The third-order valence-corrected chi connectivity index (χ3v) is 4.34. The molecule has 1 aliphatic heterocycles. The highest BCUT2D eigenvalue weighted by Crippen LogP contribution is 2.32. The number of hydrogen-bond acceptors (Lipinski definition) is 4. The van der Waals surface area contributed by atoms with Gasteiger partial charge in [-0.3, -0.25) is 9.20 Å². The lowest BCUT2D eigenvalue weighted by Gasteiger charge is -2.07. The number of benzene rings is 1. The van der Waals surface area contributed by atoms with Crippen LogP contribution in [0.1, 0.15) is 28.7 Å². The van der Waals surface area contributed by atoms with Gasteiger partial charge in [0.2, 0.25) is 6.79 Å². The van der Waals surface area contributed by atoms with Crippen LogP contribution < -0.4 is 14.8 Å². The summed E-state index contributed by atoms with van der Waals surface area (Å²) in [7, 11) is 0. The van der Waals surface area contributed by atoms with E-state index in [9.17, 15) is 4.79 Å². The van der Waals surface area contributed by atoms with Gasteiger partial charge in [-0.2, -0.15) is 0 Å². The Hall–Kier alpha value is -2.73. The molecule has 0 spiro atoms. The van der Waals surface area contributed by atoms with Crippen molar-refractivity contribution < 1.29 is 14.3 Å². The number of ether oxygens (including phenoxy) is 2. The van der Waals surface area contributed by atoms with Crippen molar-refractivity contribution in [2.24, 2.45) is 0 Å². The molecule has 1 N–H and O–H groups in total. The number of pyridine rings is 1. The molecule has 0 saturated heterocycles. The fourth-order valence-corrected chi connectivity index (χ4v) is 3.03. The van der Waals surface area contributed by atoms with Gasteiger partial charge in [0, 0.05) is 23.8 Å². The van der Waals surface area contributed by atoms with Gasteiger partial charge in [0.25, 0.3) is 5.91 Å². The maximum Gasteiger partial charge on any atom is 0.270 e. The maximum atomic E-state index is 12.7. The quantitative estimate of drug-likeness (QED) is 0.778. The number of aryl methyl sites for hydroxylation is 1. The molecule has 0 aliphatic carbocycles. The molecular formula is C18H16ClN3O3. The van der Waals surface area contributed by atoms with Gasteiger partial charge in [-0.05, 0) is 30.2 Å². The topological polar surface area (TPSA) is 64.9 Å². The normalized spacial score (nSPS) is 12.6.